The van der Waals surface area contributed by atoms with Crippen LogP contribution in [0.2, 0.25) is 5.02 Å². The minimum atomic E-state index is -4.58. The van der Waals surface area contributed by atoms with E-state index in [1.165, 1.54) is 6.07 Å². The number of benzene rings is 1. The molecule has 0 saturated heterocycles. The van der Waals surface area contributed by atoms with Crippen LogP contribution in [-0.2, 0) is 6.18 Å². The zero-order valence-corrected chi connectivity index (χ0v) is 12.5. The number of aromatic nitrogens is 1. The smallest absolute Gasteiger partial charge is 0.339 e. The third kappa shape index (κ3) is 3.65. The van der Waals surface area contributed by atoms with Crippen molar-refractivity contribution < 1.29 is 13.2 Å². The van der Waals surface area contributed by atoms with Gasteiger partial charge in [0.25, 0.3) is 0 Å². The quantitative estimate of drug-likeness (QED) is 0.790. The Balaban J connectivity index is 2.42. The van der Waals surface area contributed by atoms with Gasteiger partial charge in [0.05, 0.1) is 10.6 Å². The average Bonchev–Trinajstić information content (AvgIpc) is 2.42. The summed E-state index contributed by atoms with van der Waals surface area (Å²) in [6.07, 6.45) is -4.58. The maximum absolute atomic E-state index is 12.7. The SMILES string of the molecule is N#Cc1ccc(C(F)(F)F)nc1Nc1ccc(Br)c(Cl)c1. The Labute approximate surface area is 131 Å². The summed E-state index contributed by atoms with van der Waals surface area (Å²) >= 11 is 9.11. The molecule has 21 heavy (non-hydrogen) atoms. The monoisotopic (exact) mass is 375 g/mol. The van der Waals surface area contributed by atoms with Crippen molar-refractivity contribution in [3.05, 3.63) is 51.1 Å². The topological polar surface area (TPSA) is 48.7 Å². The summed E-state index contributed by atoms with van der Waals surface area (Å²) in [4.78, 5) is 3.45. The van der Waals surface area contributed by atoms with Gasteiger partial charge in [0.2, 0.25) is 0 Å². The predicted molar refractivity (Wildman–Crippen MR) is 76.4 cm³/mol. The molecule has 0 unspecified atom stereocenters. The Bertz CT molecular complexity index is 726. The van der Waals surface area contributed by atoms with Gasteiger partial charge < -0.3 is 5.32 Å². The van der Waals surface area contributed by atoms with E-state index in [9.17, 15) is 13.2 Å². The first kappa shape index (κ1) is 15.6. The molecule has 1 aromatic heterocycles. The molecule has 1 aromatic carbocycles. The molecule has 0 aliphatic heterocycles. The molecule has 8 heteroatoms. The van der Waals surface area contributed by atoms with Crippen molar-refractivity contribution in [1.29, 1.82) is 5.26 Å². The zero-order chi connectivity index (χ0) is 15.6. The lowest BCUT2D eigenvalue weighted by atomic mass is 10.2. The van der Waals surface area contributed by atoms with Crippen LogP contribution < -0.4 is 5.32 Å². The lowest BCUT2D eigenvalue weighted by Gasteiger charge is -2.11. The number of nitrogens with zero attached hydrogens (tertiary/aromatic N) is 2. The van der Waals surface area contributed by atoms with E-state index in [0.717, 1.165) is 12.1 Å². The fourth-order valence-electron chi connectivity index (χ4n) is 1.51. The average molecular weight is 377 g/mol. The molecule has 108 valence electrons. The van der Waals surface area contributed by atoms with Crippen LogP contribution in [0.25, 0.3) is 0 Å². The summed E-state index contributed by atoms with van der Waals surface area (Å²) in [5.74, 6) is -0.175. The maximum atomic E-state index is 12.7. The molecule has 2 aromatic rings. The van der Waals surface area contributed by atoms with E-state index in [1.54, 1.807) is 18.2 Å². The molecule has 3 nitrogen and oxygen atoms in total. The van der Waals surface area contributed by atoms with Crippen LogP contribution in [-0.4, -0.2) is 4.98 Å². The molecular formula is C13H6BrClF3N3. The van der Waals surface area contributed by atoms with E-state index in [2.05, 4.69) is 26.2 Å². The molecule has 0 spiro atoms. The number of anilines is 2. The standard InChI is InChI=1S/C13H6BrClF3N3/c14-9-3-2-8(5-10(9)15)20-12-7(6-19)1-4-11(21-12)13(16,17)18/h1-5H,(H,20,21). The van der Waals surface area contributed by atoms with Crippen molar-refractivity contribution in [3.8, 4) is 6.07 Å². The van der Waals surface area contributed by atoms with Gasteiger partial charge in [-0.25, -0.2) is 4.98 Å². The van der Waals surface area contributed by atoms with Crippen LogP contribution in [0.5, 0.6) is 0 Å². The molecule has 2 rings (SSSR count). The summed E-state index contributed by atoms with van der Waals surface area (Å²) in [7, 11) is 0. The van der Waals surface area contributed by atoms with Crippen LogP contribution >= 0.6 is 27.5 Å². The highest BCUT2D eigenvalue weighted by molar-refractivity contribution is 9.10. The van der Waals surface area contributed by atoms with E-state index < -0.39 is 11.9 Å². The van der Waals surface area contributed by atoms with E-state index in [0.29, 0.717) is 15.2 Å². The van der Waals surface area contributed by atoms with Crippen LogP contribution in [0, 0.1) is 11.3 Å². The van der Waals surface area contributed by atoms with Gasteiger partial charge >= 0.3 is 6.18 Å². The first-order valence-electron chi connectivity index (χ1n) is 5.51. The van der Waals surface area contributed by atoms with Crippen molar-refractivity contribution in [3.63, 3.8) is 0 Å². The van der Waals surface area contributed by atoms with E-state index in [1.807, 2.05) is 0 Å². The highest BCUT2D eigenvalue weighted by Crippen LogP contribution is 2.31. The Hall–Kier alpha value is -1.78. The molecule has 0 atom stereocenters. The first-order valence-corrected chi connectivity index (χ1v) is 6.69. The Morgan fingerprint density at radius 3 is 2.52 bits per heavy atom. The molecule has 0 fully saturated rings. The summed E-state index contributed by atoms with van der Waals surface area (Å²) in [6.45, 7) is 0. The second kappa shape index (κ2) is 5.92. The van der Waals surface area contributed by atoms with Crippen LogP contribution in [0.15, 0.2) is 34.8 Å². The number of nitriles is 1. The minimum Gasteiger partial charge on any atom is -0.339 e. The van der Waals surface area contributed by atoms with Crippen molar-refractivity contribution in [2.75, 3.05) is 5.32 Å². The molecule has 0 bridgehead atoms. The van der Waals surface area contributed by atoms with Gasteiger partial charge in [-0.3, -0.25) is 0 Å². The number of nitrogens with one attached hydrogen (secondary N) is 1. The van der Waals surface area contributed by atoms with E-state index in [-0.39, 0.29) is 11.4 Å². The second-order valence-electron chi connectivity index (χ2n) is 3.96. The lowest BCUT2D eigenvalue weighted by Crippen LogP contribution is -2.10. The minimum absolute atomic E-state index is 0.00189. The fourth-order valence-corrected chi connectivity index (χ4v) is 1.94. The van der Waals surface area contributed by atoms with Crippen LogP contribution in [0.3, 0.4) is 0 Å². The fraction of sp³-hybridized carbons (Fsp3) is 0.0769. The van der Waals surface area contributed by atoms with Crippen molar-refractivity contribution in [2.45, 2.75) is 6.18 Å². The van der Waals surface area contributed by atoms with Gasteiger partial charge in [0, 0.05) is 10.2 Å². The normalized spacial score (nSPS) is 11.0. The lowest BCUT2D eigenvalue weighted by molar-refractivity contribution is -0.141. The predicted octanol–water partition coefficient (Wildman–Crippen LogP) is 5.13. The zero-order valence-electron chi connectivity index (χ0n) is 10.2. The number of halogens is 5. The molecule has 1 N–H and O–H groups in total. The highest BCUT2D eigenvalue weighted by atomic mass is 79.9. The van der Waals surface area contributed by atoms with Crippen LogP contribution in [0.1, 0.15) is 11.3 Å². The van der Waals surface area contributed by atoms with Crippen LogP contribution in [0.4, 0.5) is 24.7 Å². The molecule has 0 saturated carbocycles. The number of rotatable bonds is 2. The number of hydrogen-bond donors (Lipinski definition) is 1. The molecule has 1 heterocycles. The molecule has 0 radical (unpaired) electrons. The number of pyridine rings is 1. The van der Waals surface area contributed by atoms with Gasteiger partial charge in [-0.05, 0) is 46.3 Å². The van der Waals surface area contributed by atoms with E-state index >= 15 is 0 Å². The summed E-state index contributed by atoms with van der Waals surface area (Å²) in [5.41, 5.74) is -0.652. The van der Waals surface area contributed by atoms with Crippen molar-refractivity contribution in [1.82, 2.24) is 4.98 Å². The highest BCUT2D eigenvalue weighted by Gasteiger charge is 2.33. The van der Waals surface area contributed by atoms with Gasteiger partial charge in [-0.15, -0.1) is 0 Å². The molecule has 0 amide bonds. The third-order valence-electron chi connectivity index (χ3n) is 2.49. The third-order valence-corrected chi connectivity index (χ3v) is 3.72. The Kier molecular flexibility index (Phi) is 4.40. The number of hydrogen-bond acceptors (Lipinski definition) is 3. The first-order chi connectivity index (χ1) is 9.81. The molecular weight excluding hydrogens is 371 g/mol. The summed E-state index contributed by atoms with van der Waals surface area (Å²) < 4.78 is 38.6. The molecule has 0 aliphatic carbocycles. The number of alkyl halides is 3. The van der Waals surface area contributed by atoms with Gasteiger partial charge in [0.1, 0.15) is 17.6 Å². The van der Waals surface area contributed by atoms with Crippen molar-refractivity contribution >= 4 is 39.0 Å². The Morgan fingerprint density at radius 2 is 1.95 bits per heavy atom. The van der Waals surface area contributed by atoms with Gasteiger partial charge in [-0.2, -0.15) is 18.4 Å². The van der Waals surface area contributed by atoms with Gasteiger partial charge in [0.15, 0.2) is 0 Å². The largest absolute Gasteiger partial charge is 0.433 e. The maximum Gasteiger partial charge on any atom is 0.433 e. The second-order valence-corrected chi connectivity index (χ2v) is 5.22. The van der Waals surface area contributed by atoms with E-state index in [4.69, 9.17) is 16.9 Å². The van der Waals surface area contributed by atoms with Gasteiger partial charge in [-0.1, -0.05) is 11.6 Å². The summed E-state index contributed by atoms with van der Waals surface area (Å²) in [5, 5.41) is 12.0. The van der Waals surface area contributed by atoms with Crippen molar-refractivity contribution in [2.24, 2.45) is 0 Å². The molecule has 0 aliphatic rings. The Morgan fingerprint density at radius 1 is 1.24 bits per heavy atom. The summed E-state index contributed by atoms with van der Waals surface area (Å²) in [6, 6.07) is 8.35.